The van der Waals surface area contributed by atoms with Crippen LogP contribution in [0.2, 0.25) is 5.02 Å². The maximum atomic E-state index is 13.1. The van der Waals surface area contributed by atoms with E-state index in [0.29, 0.717) is 0 Å². The fraction of sp³-hybridized carbons (Fsp3) is 0.364. The van der Waals surface area contributed by atoms with Crippen molar-refractivity contribution in [3.05, 3.63) is 34.6 Å². The molecule has 1 rings (SSSR count). The maximum absolute atomic E-state index is 13.1. The van der Waals surface area contributed by atoms with Gasteiger partial charge in [-0.25, -0.2) is 9.18 Å². The number of halogens is 2. The van der Waals surface area contributed by atoms with Crippen LogP contribution in [0.3, 0.4) is 0 Å². The van der Waals surface area contributed by atoms with Gasteiger partial charge in [0.1, 0.15) is 11.9 Å². The molecule has 0 fully saturated rings. The molecule has 0 bridgehead atoms. The molecule has 0 aliphatic carbocycles. The second-order valence-electron chi connectivity index (χ2n) is 3.28. The van der Waals surface area contributed by atoms with Crippen molar-refractivity contribution in [2.45, 2.75) is 19.1 Å². The van der Waals surface area contributed by atoms with Crippen LogP contribution < -0.4 is 0 Å². The molecule has 2 N–H and O–H groups in total. The number of benzene rings is 1. The third-order valence-electron chi connectivity index (χ3n) is 2.13. The van der Waals surface area contributed by atoms with Crippen LogP contribution in [0.15, 0.2) is 18.2 Å². The SMILES string of the molecule is CCOC(=O)C(O)C(O)c1cccc(F)c1Cl. The van der Waals surface area contributed by atoms with Crippen LogP contribution in [0.5, 0.6) is 0 Å². The van der Waals surface area contributed by atoms with E-state index in [1.54, 1.807) is 6.92 Å². The van der Waals surface area contributed by atoms with Crippen LogP contribution in [0.4, 0.5) is 4.39 Å². The zero-order valence-electron chi connectivity index (χ0n) is 9.06. The summed E-state index contributed by atoms with van der Waals surface area (Å²) in [7, 11) is 0. The van der Waals surface area contributed by atoms with E-state index < -0.39 is 24.0 Å². The van der Waals surface area contributed by atoms with Gasteiger partial charge in [0.25, 0.3) is 0 Å². The number of carbonyl (C=O) groups excluding carboxylic acids is 1. The van der Waals surface area contributed by atoms with E-state index in [4.69, 9.17) is 11.6 Å². The van der Waals surface area contributed by atoms with Gasteiger partial charge < -0.3 is 14.9 Å². The van der Waals surface area contributed by atoms with Crippen molar-refractivity contribution in [2.75, 3.05) is 6.61 Å². The van der Waals surface area contributed by atoms with E-state index in [0.717, 1.165) is 6.07 Å². The quantitative estimate of drug-likeness (QED) is 0.806. The van der Waals surface area contributed by atoms with Gasteiger partial charge in [-0.05, 0) is 13.0 Å². The molecular formula is C11H12ClFO4. The molecule has 17 heavy (non-hydrogen) atoms. The zero-order chi connectivity index (χ0) is 13.0. The van der Waals surface area contributed by atoms with Gasteiger partial charge in [0.15, 0.2) is 6.10 Å². The normalized spacial score (nSPS) is 14.2. The van der Waals surface area contributed by atoms with Gasteiger partial charge >= 0.3 is 5.97 Å². The van der Waals surface area contributed by atoms with Gasteiger partial charge in [0, 0.05) is 5.56 Å². The number of hydrogen-bond acceptors (Lipinski definition) is 4. The summed E-state index contributed by atoms with van der Waals surface area (Å²) >= 11 is 5.62. The van der Waals surface area contributed by atoms with E-state index in [1.165, 1.54) is 12.1 Å². The summed E-state index contributed by atoms with van der Waals surface area (Å²) in [4.78, 5) is 11.2. The summed E-state index contributed by atoms with van der Waals surface area (Å²) in [6.45, 7) is 1.63. The highest BCUT2D eigenvalue weighted by Gasteiger charge is 2.29. The molecule has 2 unspecified atom stereocenters. The van der Waals surface area contributed by atoms with Crippen molar-refractivity contribution in [1.82, 2.24) is 0 Å². The second kappa shape index (κ2) is 5.95. The van der Waals surface area contributed by atoms with E-state index >= 15 is 0 Å². The first-order valence-electron chi connectivity index (χ1n) is 4.95. The molecular weight excluding hydrogens is 251 g/mol. The van der Waals surface area contributed by atoms with E-state index in [1.807, 2.05) is 0 Å². The fourth-order valence-electron chi connectivity index (χ4n) is 1.28. The minimum absolute atomic E-state index is 0.0628. The molecule has 0 amide bonds. The predicted molar refractivity (Wildman–Crippen MR) is 59.0 cm³/mol. The van der Waals surface area contributed by atoms with Gasteiger partial charge in [-0.2, -0.15) is 0 Å². The van der Waals surface area contributed by atoms with Crippen LogP contribution in [0.25, 0.3) is 0 Å². The molecule has 0 saturated carbocycles. The molecule has 0 aliphatic rings. The minimum Gasteiger partial charge on any atom is -0.464 e. The highest BCUT2D eigenvalue weighted by Crippen LogP contribution is 2.27. The molecule has 0 aliphatic heterocycles. The number of esters is 1. The Kier molecular flexibility index (Phi) is 4.86. The molecule has 4 nitrogen and oxygen atoms in total. The summed E-state index contributed by atoms with van der Waals surface area (Å²) in [6, 6.07) is 3.74. The topological polar surface area (TPSA) is 66.8 Å². The first kappa shape index (κ1) is 13.9. The monoisotopic (exact) mass is 262 g/mol. The third-order valence-corrected chi connectivity index (χ3v) is 2.53. The number of hydrogen-bond donors (Lipinski definition) is 2. The zero-order valence-corrected chi connectivity index (χ0v) is 9.82. The Balaban J connectivity index is 2.92. The largest absolute Gasteiger partial charge is 0.464 e. The Morgan fingerprint density at radius 3 is 2.76 bits per heavy atom. The lowest BCUT2D eigenvalue weighted by Gasteiger charge is -2.17. The average molecular weight is 263 g/mol. The van der Waals surface area contributed by atoms with Crippen LogP contribution in [0, 0.1) is 5.82 Å². The highest BCUT2D eigenvalue weighted by molar-refractivity contribution is 6.31. The number of rotatable bonds is 4. The predicted octanol–water partition coefficient (Wildman–Crippen LogP) is 1.44. The minimum atomic E-state index is -1.80. The van der Waals surface area contributed by atoms with Crippen molar-refractivity contribution >= 4 is 17.6 Å². The van der Waals surface area contributed by atoms with Gasteiger partial charge in [0.05, 0.1) is 11.6 Å². The Hall–Kier alpha value is -1.17. The first-order valence-corrected chi connectivity index (χ1v) is 5.33. The smallest absolute Gasteiger partial charge is 0.338 e. The van der Waals surface area contributed by atoms with Gasteiger partial charge in [-0.3, -0.25) is 0 Å². The Labute approximate surface area is 103 Å². The van der Waals surface area contributed by atoms with Crippen LogP contribution in [-0.4, -0.2) is 28.9 Å². The van der Waals surface area contributed by atoms with Gasteiger partial charge in [-0.1, -0.05) is 23.7 Å². The third kappa shape index (κ3) is 3.15. The lowest BCUT2D eigenvalue weighted by Crippen LogP contribution is -2.30. The fourth-order valence-corrected chi connectivity index (χ4v) is 1.51. The second-order valence-corrected chi connectivity index (χ2v) is 3.66. The number of ether oxygens (including phenoxy) is 1. The van der Waals surface area contributed by atoms with E-state index in [9.17, 15) is 19.4 Å². The van der Waals surface area contributed by atoms with Gasteiger partial charge in [-0.15, -0.1) is 0 Å². The van der Waals surface area contributed by atoms with Gasteiger partial charge in [0.2, 0.25) is 0 Å². The van der Waals surface area contributed by atoms with Crippen LogP contribution in [-0.2, 0) is 9.53 Å². The standard InChI is InChI=1S/C11H12ClFO4/c1-2-17-11(16)10(15)9(14)6-4-3-5-7(13)8(6)12/h3-5,9-10,14-15H,2H2,1H3. The Morgan fingerprint density at radius 2 is 2.18 bits per heavy atom. The summed E-state index contributed by atoms with van der Waals surface area (Å²) in [5.41, 5.74) is -0.0628. The Bertz CT molecular complexity index is 410. The summed E-state index contributed by atoms with van der Waals surface area (Å²) in [5, 5.41) is 18.8. The molecule has 0 saturated heterocycles. The Morgan fingerprint density at radius 1 is 1.53 bits per heavy atom. The van der Waals surface area contributed by atoms with E-state index in [2.05, 4.69) is 4.74 Å². The van der Waals surface area contributed by atoms with Crippen LogP contribution in [0.1, 0.15) is 18.6 Å². The summed E-state index contributed by atoms with van der Waals surface area (Å²) in [5.74, 6) is -1.72. The number of carbonyl (C=O) groups is 1. The molecule has 1 aromatic carbocycles. The first-order chi connectivity index (χ1) is 7.99. The molecule has 0 aromatic heterocycles. The van der Waals surface area contributed by atoms with E-state index in [-0.39, 0.29) is 17.2 Å². The molecule has 0 spiro atoms. The number of aliphatic hydroxyl groups is 2. The molecule has 2 atom stereocenters. The van der Waals surface area contributed by atoms with Crippen molar-refractivity contribution in [3.63, 3.8) is 0 Å². The molecule has 0 heterocycles. The molecule has 94 valence electrons. The van der Waals surface area contributed by atoms with Crippen LogP contribution >= 0.6 is 11.6 Å². The summed E-state index contributed by atoms with van der Waals surface area (Å²) < 4.78 is 17.6. The lowest BCUT2D eigenvalue weighted by atomic mass is 10.0. The van der Waals surface area contributed by atoms with Crippen molar-refractivity contribution in [2.24, 2.45) is 0 Å². The maximum Gasteiger partial charge on any atom is 0.338 e. The number of aliphatic hydroxyl groups excluding tert-OH is 2. The average Bonchev–Trinajstić information content (AvgIpc) is 2.31. The van der Waals surface area contributed by atoms with Crippen molar-refractivity contribution < 1.29 is 24.1 Å². The lowest BCUT2D eigenvalue weighted by molar-refractivity contribution is -0.159. The molecule has 0 radical (unpaired) electrons. The summed E-state index contributed by atoms with van der Waals surface area (Å²) in [6.07, 6.45) is -3.42. The van der Waals surface area contributed by atoms with Crippen molar-refractivity contribution in [1.29, 1.82) is 0 Å². The highest BCUT2D eigenvalue weighted by atomic mass is 35.5. The molecule has 6 heteroatoms. The molecule has 1 aromatic rings. The van der Waals surface area contributed by atoms with Crippen molar-refractivity contribution in [3.8, 4) is 0 Å².